The standard InChI is InChI=1S/C6H12Br/c1-5(2)6(3,4)7/h5H,3H2,1-2,4H3. The molecule has 1 radical (unpaired) electrons. The van der Waals surface area contributed by atoms with E-state index in [4.69, 9.17) is 0 Å². The van der Waals surface area contributed by atoms with Crippen molar-refractivity contribution in [2.24, 2.45) is 5.92 Å². The van der Waals surface area contributed by atoms with Crippen LogP contribution in [-0.2, 0) is 0 Å². The molecule has 0 fully saturated rings. The fourth-order valence-electron chi connectivity index (χ4n) is 0. The number of alkyl halides is 1. The van der Waals surface area contributed by atoms with Gasteiger partial charge >= 0.3 is 0 Å². The van der Waals surface area contributed by atoms with E-state index in [1.165, 1.54) is 0 Å². The Morgan fingerprint density at radius 1 is 1.57 bits per heavy atom. The Bertz CT molecular complexity index is 49.7. The highest BCUT2D eigenvalue weighted by Gasteiger charge is 2.16. The fourth-order valence-corrected chi connectivity index (χ4v) is 0. The number of hydrogen-bond acceptors (Lipinski definition) is 0. The van der Waals surface area contributed by atoms with Gasteiger partial charge in [0, 0.05) is 4.32 Å². The maximum Gasteiger partial charge on any atom is 0.0253 e. The largest absolute Gasteiger partial charge is 0.0854 e. The summed E-state index contributed by atoms with van der Waals surface area (Å²) in [6.07, 6.45) is 0. The van der Waals surface area contributed by atoms with Crippen LogP contribution in [0.3, 0.4) is 0 Å². The minimum Gasteiger partial charge on any atom is -0.0854 e. The molecule has 1 atom stereocenters. The highest BCUT2D eigenvalue weighted by molar-refractivity contribution is 9.10. The summed E-state index contributed by atoms with van der Waals surface area (Å²) in [5.74, 6) is 0.604. The van der Waals surface area contributed by atoms with E-state index in [1.807, 2.05) is 0 Å². The van der Waals surface area contributed by atoms with Crippen molar-refractivity contribution in [1.29, 1.82) is 0 Å². The second-order valence-electron chi connectivity index (χ2n) is 2.43. The van der Waals surface area contributed by atoms with E-state index < -0.39 is 0 Å². The molecule has 0 nitrogen and oxygen atoms in total. The van der Waals surface area contributed by atoms with Crippen molar-refractivity contribution in [2.75, 3.05) is 0 Å². The molecule has 0 rings (SSSR count). The van der Waals surface area contributed by atoms with Crippen molar-refractivity contribution in [1.82, 2.24) is 0 Å². The summed E-state index contributed by atoms with van der Waals surface area (Å²) < 4.78 is 0.0625. The van der Waals surface area contributed by atoms with Gasteiger partial charge in [0.15, 0.2) is 0 Å². The number of rotatable bonds is 1. The van der Waals surface area contributed by atoms with Crippen molar-refractivity contribution < 1.29 is 0 Å². The zero-order chi connectivity index (χ0) is 6.08. The van der Waals surface area contributed by atoms with Crippen molar-refractivity contribution in [3.8, 4) is 0 Å². The highest BCUT2D eigenvalue weighted by atomic mass is 79.9. The van der Waals surface area contributed by atoms with E-state index in [0.29, 0.717) is 5.92 Å². The van der Waals surface area contributed by atoms with Gasteiger partial charge in [0.1, 0.15) is 0 Å². The van der Waals surface area contributed by atoms with Gasteiger partial charge < -0.3 is 0 Å². The molecule has 0 spiro atoms. The second kappa shape index (κ2) is 2.17. The first-order valence-electron chi connectivity index (χ1n) is 2.49. The molecular weight excluding hydrogens is 152 g/mol. The zero-order valence-corrected chi connectivity index (χ0v) is 6.75. The Labute approximate surface area is 54.4 Å². The third kappa shape index (κ3) is 3.10. The van der Waals surface area contributed by atoms with Gasteiger partial charge in [-0.2, -0.15) is 0 Å². The molecular formula is C6H12Br. The summed E-state index contributed by atoms with van der Waals surface area (Å²) >= 11 is 3.43. The molecule has 0 amide bonds. The van der Waals surface area contributed by atoms with Crippen LogP contribution < -0.4 is 0 Å². The van der Waals surface area contributed by atoms with Gasteiger partial charge in [-0.1, -0.05) is 29.8 Å². The van der Waals surface area contributed by atoms with Crippen LogP contribution in [0.5, 0.6) is 0 Å². The molecule has 1 heteroatoms. The van der Waals surface area contributed by atoms with Crippen LogP contribution in [0.15, 0.2) is 0 Å². The van der Waals surface area contributed by atoms with Crippen molar-refractivity contribution >= 4 is 15.9 Å². The van der Waals surface area contributed by atoms with Gasteiger partial charge in [-0.15, -0.1) is 0 Å². The first kappa shape index (κ1) is 7.48. The van der Waals surface area contributed by atoms with Crippen molar-refractivity contribution in [2.45, 2.75) is 25.1 Å². The average Bonchev–Trinajstić information content (AvgIpc) is 1.31. The molecule has 0 aliphatic carbocycles. The predicted molar refractivity (Wildman–Crippen MR) is 37.5 cm³/mol. The maximum atomic E-state index is 3.89. The van der Waals surface area contributed by atoms with Crippen molar-refractivity contribution in [3.63, 3.8) is 0 Å². The lowest BCUT2D eigenvalue weighted by Gasteiger charge is -2.19. The van der Waals surface area contributed by atoms with Crippen LogP contribution in [0, 0.1) is 12.8 Å². The zero-order valence-electron chi connectivity index (χ0n) is 5.16. The van der Waals surface area contributed by atoms with E-state index in [2.05, 4.69) is 43.6 Å². The minimum atomic E-state index is 0.0625. The first-order chi connectivity index (χ1) is 2.94. The van der Waals surface area contributed by atoms with Gasteiger partial charge in [0.2, 0.25) is 0 Å². The monoisotopic (exact) mass is 163 g/mol. The SMILES string of the molecule is [CH2]C(C)(Br)C(C)C. The molecule has 0 aromatic heterocycles. The van der Waals surface area contributed by atoms with Gasteiger partial charge in [-0.3, -0.25) is 0 Å². The first-order valence-corrected chi connectivity index (χ1v) is 3.28. The summed E-state index contributed by atoms with van der Waals surface area (Å²) in [4.78, 5) is 0. The number of hydrogen-bond donors (Lipinski definition) is 0. The Morgan fingerprint density at radius 2 is 1.71 bits per heavy atom. The van der Waals surface area contributed by atoms with Crippen LogP contribution in [0.1, 0.15) is 20.8 Å². The molecule has 0 heterocycles. The molecule has 0 saturated carbocycles. The lowest BCUT2D eigenvalue weighted by atomic mass is 10.0. The Hall–Kier alpha value is 0.480. The van der Waals surface area contributed by atoms with E-state index in [1.54, 1.807) is 0 Å². The molecule has 43 valence electrons. The normalized spacial score (nSPS) is 12.9. The van der Waals surface area contributed by atoms with Crippen LogP contribution >= 0.6 is 15.9 Å². The summed E-state index contributed by atoms with van der Waals surface area (Å²) in [6.45, 7) is 10.2. The summed E-state index contributed by atoms with van der Waals surface area (Å²) in [7, 11) is 0. The average molecular weight is 164 g/mol. The predicted octanol–water partition coefficient (Wildman–Crippen LogP) is 2.63. The molecule has 0 N–H and O–H groups in total. The molecule has 7 heavy (non-hydrogen) atoms. The fraction of sp³-hybridized carbons (Fsp3) is 0.833. The Morgan fingerprint density at radius 3 is 1.71 bits per heavy atom. The topological polar surface area (TPSA) is 0 Å². The van der Waals surface area contributed by atoms with Gasteiger partial charge in [0.05, 0.1) is 0 Å². The molecule has 0 aliphatic rings. The molecule has 0 saturated heterocycles. The highest BCUT2D eigenvalue weighted by Crippen LogP contribution is 2.24. The number of halogens is 1. The van der Waals surface area contributed by atoms with Gasteiger partial charge in [-0.05, 0) is 19.8 Å². The van der Waals surface area contributed by atoms with E-state index in [9.17, 15) is 0 Å². The Kier molecular flexibility index (Phi) is 2.31. The van der Waals surface area contributed by atoms with Crippen molar-refractivity contribution in [3.05, 3.63) is 6.92 Å². The quantitative estimate of drug-likeness (QED) is 0.522. The molecule has 1 unspecified atom stereocenters. The minimum absolute atomic E-state index is 0.0625. The van der Waals surface area contributed by atoms with E-state index >= 15 is 0 Å². The van der Waals surface area contributed by atoms with Gasteiger partial charge in [0.25, 0.3) is 0 Å². The smallest absolute Gasteiger partial charge is 0.0253 e. The lowest BCUT2D eigenvalue weighted by molar-refractivity contribution is 0.555. The summed E-state index contributed by atoms with van der Waals surface area (Å²) in [5, 5.41) is 0. The van der Waals surface area contributed by atoms with E-state index in [-0.39, 0.29) is 4.32 Å². The van der Waals surface area contributed by atoms with E-state index in [0.717, 1.165) is 0 Å². The molecule has 0 aromatic carbocycles. The third-order valence-electron chi connectivity index (χ3n) is 1.20. The second-order valence-corrected chi connectivity index (χ2v) is 4.24. The van der Waals surface area contributed by atoms with Crippen LogP contribution in [0.2, 0.25) is 0 Å². The van der Waals surface area contributed by atoms with Crippen LogP contribution in [-0.4, -0.2) is 4.32 Å². The summed E-state index contributed by atoms with van der Waals surface area (Å²) in [5.41, 5.74) is 0. The lowest BCUT2D eigenvalue weighted by Crippen LogP contribution is -2.17. The van der Waals surface area contributed by atoms with Gasteiger partial charge in [-0.25, -0.2) is 0 Å². The third-order valence-corrected chi connectivity index (χ3v) is 2.12. The summed E-state index contributed by atoms with van der Waals surface area (Å²) in [6, 6.07) is 0. The Balaban J connectivity index is 3.54. The molecule has 0 aromatic rings. The van der Waals surface area contributed by atoms with Crippen LogP contribution in [0.4, 0.5) is 0 Å². The van der Waals surface area contributed by atoms with Crippen LogP contribution in [0.25, 0.3) is 0 Å². The molecule has 0 bridgehead atoms. The molecule has 0 aliphatic heterocycles. The maximum absolute atomic E-state index is 3.89.